The fourth-order valence-electron chi connectivity index (χ4n) is 2.35. The van der Waals surface area contributed by atoms with Crippen LogP contribution in [0.15, 0.2) is 24.3 Å². The van der Waals surface area contributed by atoms with Crippen molar-refractivity contribution in [2.45, 2.75) is 19.8 Å². The van der Waals surface area contributed by atoms with Gasteiger partial charge in [-0.1, -0.05) is 11.6 Å². The Balaban J connectivity index is 1.92. The zero-order chi connectivity index (χ0) is 15.2. The van der Waals surface area contributed by atoms with Gasteiger partial charge in [0.25, 0.3) is 0 Å². The summed E-state index contributed by atoms with van der Waals surface area (Å²) >= 11 is 11.3. The van der Waals surface area contributed by atoms with E-state index in [1.807, 2.05) is 36.1 Å². The van der Waals surface area contributed by atoms with Crippen LogP contribution in [0.5, 0.6) is 0 Å². The van der Waals surface area contributed by atoms with E-state index in [0.29, 0.717) is 23.3 Å². The number of hydrogen-bond acceptors (Lipinski definition) is 3. The molecule has 0 saturated carbocycles. The van der Waals surface area contributed by atoms with Gasteiger partial charge in [-0.2, -0.15) is 0 Å². The number of halogens is 1. The number of hydrogen-bond donors (Lipinski definition) is 1. The van der Waals surface area contributed by atoms with Crippen molar-refractivity contribution >= 4 is 40.6 Å². The fourth-order valence-corrected chi connectivity index (χ4v) is 2.76. The number of nitrogens with one attached hydrogen (secondary N) is 1. The van der Waals surface area contributed by atoms with Gasteiger partial charge in [-0.05, 0) is 56.2 Å². The summed E-state index contributed by atoms with van der Waals surface area (Å²) in [6, 6.07) is 7.37. The second-order valence-electron chi connectivity index (χ2n) is 4.97. The van der Waals surface area contributed by atoms with Crippen LogP contribution in [0.3, 0.4) is 0 Å². The Bertz CT molecular complexity index is 507. The van der Waals surface area contributed by atoms with E-state index < -0.39 is 0 Å². The molecule has 0 aromatic heterocycles. The average Bonchev–Trinajstić information content (AvgIpc) is 2.50. The van der Waals surface area contributed by atoms with Crippen molar-refractivity contribution in [3.63, 3.8) is 0 Å². The summed E-state index contributed by atoms with van der Waals surface area (Å²) in [6.45, 7) is 3.71. The number of thiocarbonyl (C=S) groups is 1. The van der Waals surface area contributed by atoms with Crippen molar-refractivity contribution in [2.75, 3.05) is 25.0 Å². The van der Waals surface area contributed by atoms with E-state index in [-0.39, 0.29) is 11.9 Å². The Kier molecular flexibility index (Phi) is 5.82. The standard InChI is InChI=1S/C15H19ClN2O2S/c1-2-20-14(19)11-4-3-9-18(10-11)15(21)17-13-7-5-12(16)6-8-13/h5-8,11H,2-4,9-10H2,1H3,(H,17,21)/t11-/m1/s1. The van der Waals surface area contributed by atoms with Gasteiger partial charge < -0.3 is 15.0 Å². The molecular formula is C15H19ClN2O2S. The molecule has 0 radical (unpaired) electrons. The molecular weight excluding hydrogens is 308 g/mol. The third-order valence-electron chi connectivity index (χ3n) is 3.42. The molecule has 1 aromatic rings. The van der Waals surface area contributed by atoms with Gasteiger partial charge in [-0.25, -0.2) is 0 Å². The SMILES string of the molecule is CCOC(=O)[C@@H]1CCCN(C(=S)Nc2ccc(Cl)cc2)C1. The van der Waals surface area contributed by atoms with Crippen molar-refractivity contribution < 1.29 is 9.53 Å². The van der Waals surface area contributed by atoms with Crippen molar-refractivity contribution in [2.24, 2.45) is 5.92 Å². The number of esters is 1. The topological polar surface area (TPSA) is 41.6 Å². The molecule has 1 aromatic carbocycles. The molecule has 1 atom stereocenters. The lowest BCUT2D eigenvalue weighted by molar-refractivity contribution is -0.149. The van der Waals surface area contributed by atoms with Gasteiger partial charge in [0.05, 0.1) is 12.5 Å². The van der Waals surface area contributed by atoms with Crippen LogP contribution >= 0.6 is 23.8 Å². The van der Waals surface area contributed by atoms with E-state index in [0.717, 1.165) is 25.1 Å². The number of likely N-dealkylation sites (tertiary alicyclic amines) is 1. The Morgan fingerprint density at radius 1 is 1.48 bits per heavy atom. The summed E-state index contributed by atoms with van der Waals surface area (Å²) in [5.41, 5.74) is 0.891. The number of carbonyl (C=O) groups excluding carboxylic acids is 1. The Morgan fingerprint density at radius 3 is 2.86 bits per heavy atom. The molecule has 6 heteroatoms. The lowest BCUT2D eigenvalue weighted by Crippen LogP contribution is -2.44. The van der Waals surface area contributed by atoms with E-state index in [1.54, 1.807) is 0 Å². The highest BCUT2D eigenvalue weighted by atomic mass is 35.5. The van der Waals surface area contributed by atoms with Crippen molar-refractivity contribution in [1.29, 1.82) is 0 Å². The summed E-state index contributed by atoms with van der Waals surface area (Å²) < 4.78 is 5.10. The minimum atomic E-state index is -0.128. The van der Waals surface area contributed by atoms with E-state index in [4.69, 9.17) is 28.6 Å². The van der Waals surface area contributed by atoms with Crippen LogP contribution in [-0.4, -0.2) is 35.7 Å². The summed E-state index contributed by atoms with van der Waals surface area (Å²) in [5.74, 6) is -0.222. The first-order valence-corrected chi connectivity index (χ1v) is 7.87. The highest BCUT2D eigenvalue weighted by Gasteiger charge is 2.27. The first-order chi connectivity index (χ1) is 10.1. The summed E-state index contributed by atoms with van der Waals surface area (Å²) in [6.07, 6.45) is 1.80. The second kappa shape index (κ2) is 7.61. The predicted octanol–water partition coefficient (Wildman–Crippen LogP) is 3.31. The van der Waals surface area contributed by atoms with Crippen molar-refractivity contribution in [1.82, 2.24) is 4.90 Å². The van der Waals surface area contributed by atoms with Gasteiger partial charge in [0.2, 0.25) is 0 Å². The Labute approximate surface area is 135 Å². The lowest BCUT2D eigenvalue weighted by atomic mass is 9.98. The number of anilines is 1. The minimum Gasteiger partial charge on any atom is -0.466 e. The molecule has 21 heavy (non-hydrogen) atoms. The molecule has 1 saturated heterocycles. The number of nitrogens with zero attached hydrogens (tertiary/aromatic N) is 1. The van der Waals surface area contributed by atoms with Crippen LogP contribution in [0.2, 0.25) is 5.02 Å². The minimum absolute atomic E-state index is 0.0938. The molecule has 1 aliphatic heterocycles. The zero-order valence-electron chi connectivity index (χ0n) is 12.0. The largest absolute Gasteiger partial charge is 0.466 e. The molecule has 1 fully saturated rings. The third kappa shape index (κ3) is 4.58. The molecule has 0 bridgehead atoms. The quantitative estimate of drug-likeness (QED) is 0.681. The highest BCUT2D eigenvalue weighted by molar-refractivity contribution is 7.80. The normalized spacial score (nSPS) is 18.2. The molecule has 0 amide bonds. The molecule has 4 nitrogen and oxygen atoms in total. The number of piperidine rings is 1. The van der Waals surface area contributed by atoms with Gasteiger partial charge >= 0.3 is 5.97 Å². The third-order valence-corrected chi connectivity index (χ3v) is 4.04. The van der Waals surface area contributed by atoms with E-state index in [9.17, 15) is 4.79 Å². The molecule has 0 unspecified atom stereocenters. The monoisotopic (exact) mass is 326 g/mol. The summed E-state index contributed by atoms with van der Waals surface area (Å²) in [5, 5.41) is 4.49. The smallest absolute Gasteiger partial charge is 0.310 e. The zero-order valence-corrected chi connectivity index (χ0v) is 13.5. The predicted molar refractivity (Wildman–Crippen MR) is 88.6 cm³/mol. The average molecular weight is 327 g/mol. The fraction of sp³-hybridized carbons (Fsp3) is 0.467. The molecule has 1 aliphatic rings. The van der Waals surface area contributed by atoms with Gasteiger partial charge in [0.15, 0.2) is 5.11 Å². The van der Waals surface area contributed by atoms with Crippen LogP contribution in [0.1, 0.15) is 19.8 Å². The maximum atomic E-state index is 11.8. The molecule has 0 spiro atoms. The maximum absolute atomic E-state index is 11.8. The number of carbonyl (C=O) groups is 1. The molecule has 2 rings (SSSR count). The number of benzene rings is 1. The van der Waals surface area contributed by atoms with Gasteiger partial charge in [0, 0.05) is 23.8 Å². The Morgan fingerprint density at radius 2 is 2.19 bits per heavy atom. The highest BCUT2D eigenvalue weighted by Crippen LogP contribution is 2.20. The number of ether oxygens (including phenoxy) is 1. The van der Waals surface area contributed by atoms with E-state index in [2.05, 4.69) is 5.32 Å². The molecule has 1 heterocycles. The molecule has 114 valence electrons. The number of rotatable bonds is 3. The second-order valence-corrected chi connectivity index (χ2v) is 5.80. The molecule has 0 aliphatic carbocycles. The van der Waals surface area contributed by atoms with Crippen LogP contribution in [-0.2, 0) is 9.53 Å². The van der Waals surface area contributed by atoms with Crippen LogP contribution in [0.25, 0.3) is 0 Å². The first kappa shape index (κ1) is 16.0. The van der Waals surface area contributed by atoms with E-state index >= 15 is 0 Å². The van der Waals surface area contributed by atoms with Crippen LogP contribution in [0, 0.1) is 5.92 Å². The van der Waals surface area contributed by atoms with Gasteiger partial charge in [-0.3, -0.25) is 4.79 Å². The first-order valence-electron chi connectivity index (χ1n) is 7.08. The van der Waals surface area contributed by atoms with Crippen LogP contribution < -0.4 is 5.32 Å². The Hall–Kier alpha value is -1.33. The van der Waals surface area contributed by atoms with Gasteiger partial charge in [0.1, 0.15) is 0 Å². The molecule has 1 N–H and O–H groups in total. The lowest BCUT2D eigenvalue weighted by Gasteiger charge is -2.33. The van der Waals surface area contributed by atoms with Crippen molar-refractivity contribution in [3.8, 4) is 0 Å². The van der Waals surface area contributed by atoms with Crippen molar-refractivity contribution in [3.05, 3.63) is 29.3 Å². The maximum Gasteiger partial charge on any atom is 0.310 e. The van der Waals surface area contributed by atoms with E-state index in [1.165, 1.54) is 0 Å². The summed E-state index contributed by atoms with van der Waals surface area (Å²) in [4.78, 5) is 13.9. The summed E-state index contributed by atoms with van der Waals surface area (Å²) in [7, 11) is 0. The van der Waals surface area contributed by atoms with Gasteiger partial charge in [-0.15, -0.1) is 0 Å². The van der Waals surface area contributed by atoms with Crippen LogP contribution in [0.4, 0.5) is 5.69 Å².